The molecule has 3 heterocycles. The number of pyridine rings is 1. The first-order chi connectivity index (χ1) is 13.2. The lowest BCUT2D eigenvalue weighted by Gasteiger charge is -2.05. The van der Waals surface area contributed by atoms with Crippen molar-refractivity contribution >= 4 is 28.9 Å². The van der Waals surface area contributed by atoms with Crippen LogP contribution in [-0.2, 0) is 0 Å². The van der Waals surface area contributed by atoms with Crippen LogP contribution >= 0.6 is 11.6 Å². The number of ether oxygens (including phenoxy) is 1. The molecule has 27 heavy (non-hydrogen) atoms. The summed E-state index contributed by atoms with van der Waals surface area (Å²) in [5.74, 6) is 0.969. The van der Waals surface area contributed by atoms with Crippen molar-refractivity contribution in [2.24, 2.45) is 0 Å². The lowest BCUT2D eigenvalue weighted by Crippen LogP contribution is -1.94. The van der Waals surface area contributed by atoms with Gasteiger partial charge in [0.05, 0.1) is 17.7 Å². The molecule has 1 aromatic carbocycles. The molecule has 0 unspecified atom stereocenters. The summed E-state index contributed by atoms with van der Waals surface area (Å²) < 4.78 is 6.76. The van der Waals surface area contributed by atoms with Crippen LogP contribution < -0.4 is 10.1 Å². The van der Waals surface area contributed by atoms with Crippen molar-refractivity contribution in [3.8, 4) is 23.1 Å². The number of anilines is 2. The van der Waals surface area contributed by atoms with E-state index < -0.39 is 0 Å². The predicted octanol–water partition coefficient (Wildman–Crippen LogP) is 3.46. The average molecular weight is 378 g/mol. The van der Waals surface area contributed by atoms with Crippen molar-refractivity contribution in [1.29, 1.82) is 5.26 Å². The van der Waals surface area contributed by atoms with Crippen molar-refractivity contribution in [3.05, 3.63) is 59.6 Å². The highest BCUT2D eigenvalue weighted by Gasteiger charge is 2.12. The molecule has 0 radical (unpaired) electrons. The molecule has 0 spiro atoms. The Bertz CT molecular complexity index is 1180. The lowest BCUT2D eigenvalue weighted by atomic mass is 10.1. The maximum atomic E-state index is 9.08. The normalized spacial score (nSPS) is 10.6. The van der Waals surface area contributed by atoms with E-state index in [4.69, 9.17) is 21.6 Å². The van der Waals surface area contributed by atoms with Crippen molar-refractivity contribution in [2.45, 2.75) is 0 Å². The van der Waals surface area contributed by atoms with E-state index in [0.29, 0.717) is 39.2 Å². The zero-order chi connectivity index (χ0) is 18.8. The molecule has 3 aromatic heterocycles. The number of nitrogens with zero attached hydrogens (tertiary/aromatic N) is 6. The van der Waals surface area contributed by atoms with Crippen LogP contribution in [0.2, 0.25) is 5.02 Å². The van der Waals surface area contributed by atoms with Crippen molar-refractivity contribution in [1.82, 2.24) is 24.6 Å². The number of benzene rings is 1. The molecule has 1 N–H and O–H groups in total. The van der Waals surface area contributed by atoms with Crippen LogP contribution in [0.3, 0.4) is 0 Å². The van der Waals surface area contributed by atoms with Gasteiger partial charge in [-0.05, 0) is 24.3 Å². The van der Waals surface area contributed by atoms with Crippen LogP contribution in [-0.4, -0.2) is 31.7 Å². The number of rotatable bonds is 4. The number of halogens is 1. The predicted molar refractivity (Wildman–Crippen MR) is 100 cm³/mol. The topological polar surface area (TPSA) is 101 Å². The van der Waals surface area contributed by atoms with Crippen LogP contribution in [0.1, 0.15) is 5.56 Å². The smallest absolute Gasteiger partial charge is 0.247 e. The van der Waals surface area contributed by atoms with Gasteiger partial charge in [-0.1, -0.05) is 11.6 Å². The van der Waals surface area contributed by atoms with Gasteiger partial charge in [0.2, 0.25) is 5.95 Å². The van der Waals surface area contributed by atoms with Crippen LogP contribution in [0, 0.1) is 11.3 Å². The Balaban J connectivity index is 1.72. The Labute approximate surface area is 159 Å². The molecule has 0 atom stereocenters. The molecule has 0 bridgehead atoms. The van der Waals surface area contributed by atoms with Crippen molar-refractivity contribution in [3.63, 3.8) is 0 Å². The number of hydrogen-bond acceptors (Lipinski definition) is 7. The van der Waals surface area contributed by atoms with Crippen LogP contribution in [0.15, 0.2) is 49.1 Å². The Morgan fingerprint density at radius 1 is 1.26 bits per heavy atom. The van der Waals surface area contributed by atoms with E-state index in [1.54, 1.807) is 48.4 Å². The van der Waals surface area contributed by atoms with Crippen LogP contribution in [0.4, 0.5) is 11.6 Å². The molecule has 4 rings (SSSR count). The zero-order valence-electron chi connectivity index (χ0n) is 14.1. The second-order valence-electron chi connectivity index (χ2n) is 5.53. The monoisotopic (exact) mass is 377 g/mol. The summed E-state index contributed by atoms with van der Waals surface area (Å²) in [5.41, 5.74) is 2.97. The van der Waals surface area contributed by atoms with Gasteiger partial charge in [-0.3, -0.25) is 9.97 Å². The first-order valence-electron chi connectivity index (χ1n) is 7.85. The fourth-order valence-corrected chi connectivity index (χ4v) is 2.84. The first-order valence-corrected chi connectivity index (χ1v) is 8.23. The summed E-state index contributed by atoms with van der Waals surface area (Å²) in [5, 5.41) is 17.1. The quantitative estimate of drug-likeness (QED) is 0.581. The maximum absolute atomic E-state index is 9.08. The second-order valence-corrected chi connectivity index (χ2v) is 5.94. The summed E-state index contributed by atoms with van der Waals surface area (Å²) in [6, 6.07) is 9.08. The highest BCUT2D eigenvalue weighted by atomic mass is 35.5. The van der Waals surface area contributed by atoms with E-state index in [9.17, 15) is 0 Å². The second kappa shape index (κ2) is 6.90. The van der Waals surface area contributed by atoms with E-state index in [1.165, 1.54) is 6.20 Å². The number of aromatic nitrogens is 5. The van der Waals surface area contributed by atoms with Gasteiger partial charge in [-0.25, -0.2) is 4.52 Å². The van der Waals surface area contributed by atoms with Gasteiger partial charge in [0.1, 0.15) is 17.5 Å². The van der Waals surface area contributed by atoms with E-state index >= 15 is 0 Å². The molecule has 0 aliphatic carbocycles. The molecule has 0 aliphatic heterocycles. The third kappa shape index (κ3) is 3.23. The summed E-state index contributed by atoms with van der Waals surface area (Å²) >= 11 is 6.15. The SMILES string of the molecule is COc1ccc(Nc2nc3c(-c4cncc(C#N)c4)nccn3n2)cc1Cl. The molecule has 132 valence electrons. The van der Waals surface area contributed by atoms with E-state index in [-0.39, 0.29) is 0 Å². The molecule has 0 fully saturated rings. The van der Waals surface area contributed by atoms with Crippen LogP contribution in [0.25, 0.3) is 16.9 Å². The van der Waals surface area contributed by atoms with Gasteiger partial charge >= 0.3 is 0 Å². The van der Waals surface area contributed by atoms with Gasteiger partial charge in [-0.2, -0.15) is 10.2 Å². The molecule has 0 saturated heterocycles. The standard InChI is InChI=1S/C18H12ClN7O/c1-27-15-3-2-13(7-14(15)19)23-18-24-17-16(22-4-5-26(17)25-18)12-6-11(8-20)9-21-10-12/h2-7,9-10H,1H3,(H,23,25). The zero-order valence-corrected chi connectivity index (χ0v) is 14.8. The van der Waals surface area contributed by atoms with Gasteiger partial charge in [0.25, 0.3) is 0 Å². The average Bonchev–Trinajstić information content (AvgIpc) is 3.10. The number of hydrogen-bond donors (Lipinski definition) is 1. The summed E-state index contributed by atoms with van der Waals surface area (Å²) in [7, 11) is 1.56. The van der Waals surface area contributed by atoms with E-state index in [0.717, 1.165) is 5.69 Å². The number of methoxy groups -OCH3 is 1. The van der Waals surface area contributed by atoms with Gasteiger partial charge < -0.3 is 10.1 Å². The molecule has 0 amide bonds. The minimum absolute atomic E-state index is 0.384. The summed E-state index contributed by atoms with van der Waals surface area (Å²) in [4.78, 5) is 13.0. The lowest BCUT2D eigenvalue weighted by molar-refractivity contribution is 0.415. The number of nitrogens with one attached hydrogen (secondary N) is 1. The van der Waals surface area contributed by atoms with Crippen LogP contribution in [0.5, 0.6) is 5.75 Å². The van der Waals surface area contributed by atoms with Gasteiger partial charge in [-0.15, -0.1) is 5.10 Å². The first kappa shape index (κ1) is 16.8. The largest absolute Gasteiger partial charge is 0.495 e. The molecule has 9 heteroatoms. The Morgan fingerprint density at radius 3 is 2.93 bits per heavy atom. The summed E-state index contributed by atoms with van der Waals surface area (Å²) in [6.45, 7) is 0. The Morgan fingerprint density at radius 2 is 2.15 bits per heavy atom. The fraction of sp³-hybridized carbons (Fsp3) is 0.0556. The molecule has 0 aliphatic rings. The number of fused-ring (bicyclic) bond motifs is 1. The summed E-state index contributed by atoms with van der Waals surface area (Å²) in [6.07, 6.45) is 6.44. The third-order valence-electron chi connectivity index (χ3n) is 3.80. The molecule has 0 saturated carbocycles. The Kier molecular flexibility index (Phi) is 4.28. The van der Waals surface area contributed by atoms with Gasteiger partial charge in [0, 0.05) is 36.0 Å². The van der Waals surface area contributed by atoms with Crippen molar-refractivity contribution < 1.29 is 4.74 Å². The fourth-order valence-electron chi connectivity index (χ4n) is 2.58. The molecule has 8 nitrogen and oxygen atoms in total. The highest BCUT2D eigenvalue weighted by molar-refractivity contribution is 6.32. The molecular weight excluding hydrogens is 366 g/mol. The third-order valence-corrected chi connectivity index (χ3v) is 4.10. The molecule has 4 aromatic rings. The Hall–Kier alpha value is -3.70. The maximum Gasteiger partial charge on any atom is 0.247 e. The highest BCUT2D eigenvalue weighted by Crippen LogP contribution is 2.29. The van der Waals surface area contributed by atoms with Gasteiger partial charge in [0.15, 0.2) is 5.65 Å². The van der Waals surface area contributed by atoms with E-state index in [2.05, 4.69) is 31.4 Å². The van der Waals surface area contributed by atoms with Crippen molar-refractivity contribution in [2.75, 3.05) is 12.4 Å². The molecular formula is C18H12ClN7O. The number of nitriles is 1. The minimum Gasteiger partial charge on any atom is -0.495 e. The van der Waals surface area contributed by atoms with E-state index in [1.807, 2.05) is 6.07 Å². The minimum atomic E-state index is 0.384.